The molecule has 0 heterocycles. The van der Waals surface area contributed by atoms with E-state index in [1.54, 1.807) is 14.0 Å². The van der Waals surface area contributed by atoms with Gasteiger partial charge in [-0.2, -0.15) is 0 Å². The maximum absolute atomic E-state index is 11.1. The zero-order valence-corrected chi connectivity index (χ0v) is 11.4. The molecule has 4 nitrogen and oxygen atoms in total. The fourth-order valence-electron chi connectivity index (χ4n) is 1.30. The molecule has 0 amide bonds. The monoisotopic (exact) mass is 230 g/mol. The Bertz CT molecular complexity index is 241. The van der Waals surface area contributed by atoms with E-state index in [0.29, 0.717) is 6.42 Å². The number of hydrogen-bond donors (Lipinski definition) is 2. The van der Waals surface area contributed by atoms with Crippen molar-refractivity contribution in [3.8, 4) is 0 Å². The van der Waals surface area contributed by atoms with Gasteiger partial charge in [-0.3, -0.25) is 4.79 Å². The highest BCUT2D eigenvalue weighted by Crippen LogP contribution is 2.19. The maximum atomic E-state index is 11.1. The van der Waals surface area contributed by atoms with Crippen LogP contribution >= 0.6 is 0 Å². The average molecular weight is 230 g/mol. The van der Waals surface area contributed by atoms with Crippen molar-refractivity contribution in [3.63, 3.8) is 0 Å². The lowest BCUT2D eigenvalue weighted by Gasteiger charge is -2.37. The molecule has 96 valence electrons. The minimum absolute atomic E-state index is 0.118. The first-order valence-electron chi connectivity index (χ1n) is 5.83. The van der Waals surface area contributed by atoms with Crippen molar-refractivity contribution in [1.29, 1.82) is 0 Å². The topological polar surface area (TPSA) is 52.6 Å². The van der Waals surface area contributed by atoms with Gasteiger partial charge in [0.25, 0.3) is 0 Å². The second kappa shape index (κ2) is 5.64. The molecule has 0 aliphatic rings. The fourth-order valence-corrected chi connectivity index (χ4v) is 1.30. The molecule has 0 radical (unpaired) electrons. The Morgan fingerprint density at radius 2 is 1.88 bits per heavy atom. The molecule has 0 fully saturated rings. The molecule has 0 saturated heterocycles. The Kier molecular flexibility index (Phi) is 5.42. The van der Waals surface area contributed by atoms with Crippen LogP contribution in [-0.2, 0) is 4.79 Å². The summed E-state index contributed by atoms with van der Waals surface area (Å²) in [7, 11) is 3.74. The van der Waals surface area contributed by atoms with Gasteiger partial charge in [0.2, 0.25) is 0 Å². The molecule has 0 spiro atoms. The summed E-state index contributed by atoms with van der Waals surface area (Å²) < 4.78 is 0. The van der Waals surface area contributed by atoms with E-state index in [0.717, 1.165) is 13.0 Å². The quantitative estimate of drug-likeness (QED) is 0.697. The summed E-state index contributed by atoms with van der Waals surface area (Å²) >= 11 is 0. The number of hydrogen-bond acceptors (Lipinski definition) is 3. The smallest absolute Gasteiger partial charge is 0.323 e. The molecule has 1 unspecified atom stereocenters. The predicted octanol–water partition coefficient (Wildman–Crippen LogP) is 1.56. The number of nitrogens with one attached hydrogen (secondary N) is 1. The summed E-state index contributed by atoms with van der Waals surface area (Å²) in [6, 6.07) is 0. The molecule has 0 aromatic carbocycles. The Labute approximate surface area is 99.0 Å². The highest BCUT2D eigenvalue weighted by atomic mass is 16.4. The zero-order chi connectivity index (χ0) is 13.0. The molecular formula is C12H26N2O2. The maximum Gasteiger partial charge on any atom is 0.323 e. The largest absolute Gasteiger partial charge is 0.480 e. The molecule has 0 aromatic heterocycles. The first-order valence-corrected chi connectivity index (χ1v) is 5.83. The highest BCUT2D eigenvalue weighted by Gasteiger charge is 2.32. The van der Waals surface area contributed by atoms with Crippen molar-refractivity contribution in [2.75, 3.05) is 20.6 Å². The molecule has 0 rings (SSSR count). The Morgan fingerprint density at radius 3 is 2.19 bits per heavy atom. The molecule has 16 heavy (non-hydrogen) atoms. The van der Waals surface area contributed by atoms with E-state index in [4.69, 9.17) is 5.11 Å². The van der Waals surface area contributed by atoms with Crippen molar-refractivity contribution in [3.05, 3.63) is 0 Å². The summed E-state index contributed by atoms with van der Waals surface area (Å²) in [6.45, 7) is 8.98. The first-order chi connectivity index (χ1) is 7.19. The van der Waals surface area contributed by atoms with E-state index < -0.39 is 11.5 Å². The van der Waals surface area contributed by atoms with Gasteiger partial charge in [0.15, 0.2) is 0 Å². The molecule has 0 saturated carbocycles. The van der Waals surface area contributed by atoms with E-state index in [2.05, 4.69) is 31.0 Å². The molecule has 0 aromatic rings. The van der Waals surface area contributed by atoms with E-state index in [-0.39, 0.29) is 5.54 Å². The number of rotatable bonds is 7. The van der Waals surface area contributed by atoms with Crippen LogP contribution in [0.15, 0.2) is 0 Å². The van der Waals surface area contributed by atoms with Crippen molar-refractivity contribution >= 4 is 5.97 Å². The number of likely N-dealkylation sites (N-methyl/N-ethyl adjacent to an activating group) is 1. The van der Waals surface area contributed by atoms with E-state index in [9.17, 15) is 4.79 Å². The number of aliphatic carboxylic acids is 1. The van der Waals surface area contributed by atoms with Gasteiger partial charge in [0.05, 0.1) is 0 Å². The molecule has 0 aliphatic carbocycles. The third-order valence-electron chi connectivity index (χ3n) is 3.87. The van der Waals surface area contributed by atoms with Crippen molar-refractivity contribution in [2.24, 2.45) is 0 Å². The van der Waals surface area contributed by atoms with Crippen LogP contribution in [0.25, 0.3) is 0 Å². The SMILES string of the molecule is CCC(C)(C)N(C)CCC(C)(NC)C(=O)O. The van der Waals surface area contributed by atoms with E-state index in [1.165, 1.54) is 0 Å². The summed E-state index contributed by atoms with van der Waals surface area (Å²) in [5.74, 6) is -0.794. The number of carboxylic acid groups (broad SMARTS) is 1. The van der Waals surface area contributed by atoms with Crippen LogP contribution < -0.4 is 5.32 Å². The fraction of sp³-hybridized carbons (Fsp3) is 0.917. The van der Waals surface area contributed by atoms with Crippen LogP contribution in [0.5, 0.6) is 0 Å². The first kappa shape index (κ1) is 15.4. The van der Waals surface area contributed by atoms with Crippen LogP contribution in [0.4, 0.5) is 0 Å². The molecule has 0 aliphatic heterocycles. The van der Waals surface area contributed by atoms with Gasteiger partial charge >= 0.3 is 5.97 Å². The summed E-state index contributed by atoms with van der Waals surface area (Å²) in [6.07, 6.45) is 1.64. The van der Waals surface area contributed by atoms with E-state index >= 15 is 0 Å². The van der Waals surface area contributed by atoms with Crippen LogP contribution in [0.3, 0.4) is 0 Å². The Balaban J connectivity index is 4.39. The summed E-state index contributed by atoms with van der Waals surface area (Å²) in [5.41, 5.74) is -0.717. The molecule has 2 N–H and O–H groups in total. The summed E-state index contributed by atoms with van der Waals surface area (Å²) in [4.78, 5) is 13.3. The molecule has 1 atom stereocenters. The van der Waals surface area contributed by atoms with Gasteiger partial charge in [-0.25, -0.2) is 0 Å². The van der Waals surface area contributed by atoms with Crippen molar-refractivity contribution < 1.29 is 9.90 Å². The standard InChI is InChI=1S/C12H26N2O2/c1-7-11(2,3)14(6)9-8-12(4,13-5)10(15)16/h13H,7-9H2,1-6H3,(H,15,16). The predicted molar refractivity (Wildman–Crippen MR) is 66.7 cm³/mol. The lowest BCUT2D eigenvalue weighted by molar-refractivity contribution is -0.144. The number of carboxylic acids is 1. The molecule has 4 heteroatoms. The highest BCUT2D eigenvalue weighted by molar-refractivity contribution is 5.78. The zero-order valence-electron chi connectivity index (χ0n) is 11.4. The average Bonchev–Trinajstić information content (AvgIpc) is 2.24. The van der Waals surface area contributed by atoms with E-state index in [1.807, 2.05) is 7.05 Å². The second-order valence-corrected chi connectivity index (χ2v) is 5.22. The van der Waals surface area contributed by atoms with Crippen molar-refractivity contribution in [2.45, 2.75) is 51.6 Å². The van der Waals surface area contributed by atoms with Crippen LogP contribution in [0, 0.1) is 0 Å². The summed E-state index contributed by atoms with van der Waals surface area (Å²) in [5, 5.41) is 12.0. The van der Waals surface area contributed by atoms with Crippen LogP contribution in [0.1, 0.15) is 40.5 Å². The van der Waals surface area contributed by atoms with Gasteiger partial charge < -0.3 is 15.3 Å². The van der Waals surface area contributed by atoms with Crippen molar-refractivity contribution in [1.82, 2.24) is 10.2 Å². The minimum Gasteiger partial charge on any atom is -0.480 e. The normalized spacial score (nSPS) is 16.2. The lowest BCUT2D eigenvalue weighted by Crippen LogP contribution is -2.51. The number of carbonyl (C=O) groups is 1. The van der Waals surface area contributed by atoms with Gasteiger partial charge in [0.1, 0.15) is 5.54 Å². The molecular weight excluding hydrogens is 204 g/mol. The second-order valence-electron chi connectivity index (χ2n) is 5.22. The third-order valence-corrected chi connectivity index (χ3v) is 3.87. The molecule has 0 bridgehead atoms. The van der Waals surface area contributed by atoms with Gasteiger partial charge in [-0.15, -0.1) is 0 Å². The van der Waals surface area contributed by atoms with Gasteiger partial charge in [-0.1, -0.05) is 6.92 Å². The van der Waals surface area contributed by atoms with Gasteiger partial charge in [0, 0.05) is 12.1 Å². The minimum atomic E-state index is -0.835. The van der Waals surface area contributed by atoms with Crippen LogP contribution in [-0.4, -0.2) is 47.7 Å². The van der Waals surface area contributed by atoms with Crippen LogP contribution in [0.2, 0.25) is 0 Å². The Morgan fingerprint density at radius 1 is 1.38 bits per heavy atom. The van der Waals surface area contributed by atoms with Gasteiger partial charge in [-0.05, 0) is 47.7 Å². The lowest BCUT2D eigenvalue weighted by atomic mass is 9.95. The number of nitrogens with zero attached hydrogens (tertiary/aromatic N) is 1. The third kappa shape index (κ3) is 3.76. The Hall–Kier alpha value is -0.610.